The van der Waals surface area contributed by atoms with Gasteiger partial charge in [-0.25, -0.2) is 4.79 Å². The largest absolute Gasteiger partial charge is 0.481 e. The van der Waals surface area contributed by atoms with Crippen molar-refractivity contribution in [3.8, 4) is 6.07 Å². The molecule has 0 bridgehead atoms. The van der Waals surface area contributed by atoms with Crippen LogP contribution in [-0.2, 0) is 4.79 Å². The lowest BCUT2D eigenvalue weighted by atomic mass is 10.1. The number of benzene rings is 1. The van der Waals surface area contributed by atoms with Crippen molar-refractivity contribution >= 4 is 29.3 Å². The van der Waals surface area contributed by atoms with Crippen LogP contribution in [0.5, 0.6) is 0 Å². The Morgan fingerprint density at radius 1 is 1.38 bits per heavy atom. The van der Waals surface area contributed by atoms with Gasteiger partial charge in [0.2, 0.25) is 0 Å². The van der Waals surface area contributed by atoms with Gasteiger partial charge in [0.25, 0.3) is 0 Å². The molecule has 1 aliphatic carbocycles. The average molecular weight is 308 g/mol. The molecule has 0 heterocycles. The van der Waals surface area contributed by atoms with Gasteiger partial charge in [0.15, 0.2) is 0 Å². The molecule has 0 saturated heterocycles. The average Bonchev–Trinajstić information content (AvgIpc) is 2.87. The summed E-state index contributed by atoms with van der Waals surface area (Å²) in [5.41, 5.74) is 0.812. The summed E-state index contributed by atoms with van der Waals surface area (Å²) in [6.07, 6.45) is 1.67. The third-order valence-electron chi connectivity index (χ3n) is 3.46. The maximum Gasteiger partial charge on any atom is 0.319 e. The van der Waals surface area contributed by atoms with E-state index in [1.54, 1.807) is 6.07 Å². The van der Waals surface area contributed by atoms with Crippen LogP contribution in [-0.4, -0.2) is 23.1 Å². The molecule has 0 aliphatic heterocycles. The molecule has 2 atom stereocenters. The second-order valence-electron chi connectivity index (χ2n) is 4.95. The number of urea groups is 1. The van der Waals surface area contributed by atoms with Crippen molar-refractivity contribution in [2.45, 2.75) is 25.3 Å². The molecule has 7 heteroatoms. The van der Waals surface area contributed by atoms with Gasteiger partial charge in [-0.1, -0.05) is 11.6 Å². The Balaban J connectivity index is 1.89. The van der Waals surface area contributed by atoms with Crippen molar-refractivity contribution < 1.29 is 14.7 Å². The quantitative estimate of drug-likeness (QED) is 0.798. The number of carboxylic acids is 1. The highest BCUT2D eigenvalue weighted by Crippen LogP contribution is 2.26. The number of hydrogen-bond acceptors (Lipinski definition) is 3. The van der Waals surface area contributed by atoms with Crippen LogP contribution in [0.4, 0.5) is 10.5 Å². The van der Waals surface area contributed by atoms with Crippen molar-refractivity contribution in [2.75, 3.05) is 5.32 Å². The standard InChI is InChI=1S/C14H14ClN3O3/c15-12-6-11(4-2-9(12)7-16)18-14(21)17-10-3-1-8(5-10)13(19)20/h2,4,6,8,10H,1,3,5H2,(H,19,20)(H2,17,18,21). The number of hydrogen-bond donors (Lipinski definition) is 3. The van der Waals surface area contributed by atoms with E-state index in [1.165, 1.54) is 12.1 Å². The van der Waals surface area contributed by atoms with E-state index in [-0.39, 0.29) is 17.0 Å². The maximum absolute atomic E-state index is 11.8. The number of nitrogens with zero attached hydrogens (tertiary/aromatic N) is 1. The van der Waals surface area contributed by atoms with Gasteiger partial charge in [-0.05, 0) is 37.5 Å². The van der Waals surface area contributed by atoms with Crippen LogP contribution in [0, 0.1) is 17.2 Å². The van der Waals surface area contributed by atoms with Crippen molar-refractivity contribution in [2.24, 2.45) is 5.92 Å². The minimum Gasteiger partial charge on any atom is -0.481 e. The normalized spacial score (nSPS) is 20.6. The number of rotatable bonds is 3. The maximum atomic E-state index is 11.8. The lowest BCUT2D eigenvalue weighted by Crippen LogP contribution is -2.36. The van der Waals surface area contributed by atoms with Gasteiger partial charge in [0.1, 0.15) is 6.07 Å². The Hall–Kier alpha value is -2.26. The third kappa shape index (κ3) is 3.86. The fourth-order valence-electron chi connectivity index (χ4n) is 2.37. The second-order valence-corrected chi connectivity index (χ2v) is 5.36. The second kappa shape index (κ2) is 6.46. The smallest absolute Gasteiger partial charge is 0.319 e. The molecular formula is C14H14ClN3O3. The molecule has 1 aromatic carbocycles. The number of carboxylic acid groups (broad SMARTS) is 1. The van der Waals surface area contributed by atoms with Crippen molar-refractivity contribution in [1.82, 2.24) is 5.32 Å². The zero-order valence-corrected chi connectivity index (χ0v) is 11.9. The molecule has 1 aromatic rings. The first kappa shape index (κ1) is 15.1. The molecule has 0 radical (unpaired) electrons. The van der Waals surface area contributed by atoms with Gasteiger partial charge in [-0.15, -0.1) is 0 Å². The fourth-order valence-corrected chi connectivity index (χ4v) is 2.60. The van der Waals surface area contributed by atoms with Crippen molar-refractivity contribution in [1.29, 1.82) is 5.26 Å². The first-order chi connectivity index (χ1) is 9.99. The number of amides is 2. The number of anilines is 1. The summed E-state index contributed by atoms with van der Waals surface area (Å²) in [4.78, 5) is 22.7. The predicted octanol–water partition coefficient (Wildman–Crippen LogP) is 2.59. The molecule has 2 unspecified atom stereocenters. The highest BCUT2D eigenvalue weighted by atomic mass is 35.5. The van der Waals surface area contributed by atoms with E-state index < -0.39 is 12.0 Å². The molecule has 0 spiro atoms. The van der Waals surface area contributed by atoms with Crippen LogP contribution in [0.2, 0.25) is 5.02 Å². The minimum absolute atomic E-state index is 0.139. The zero-order chi connectivity index (χ0) is 15.4. The van der Waals surface area contributed by atoms with Crippen LogP contribution >= 0.6 is 11.6 Å². The molecule has 21 heavy (non-hydrogen) atoms. The summed E-state index contributed by atoms with van der Waals surface area (Å²) in [6, 6.07) is 5.98. The first-order valence-electron chi connectivity index (χ1n) is 6.49. The minimum atomic E-state index is -0.821. The van der Waals surface area contributed by atoms with Crippen LogP contribution in [0.1, 0.15) is 24.8 Å². The monoisotopic (exact) mass is 307 g/mol. The van der Waals surface area contributed by atoms with Gasteiger partial charge >= 0.3 is 12.0 Å². The molecule has 2 rings (SSSR count). The van der Waals surface area contributed by atoms with Gasteiger partial charge < -0.3 is 15.7 Å². The third-order valence-corrected chi connectivity index (χ3v) is 3.78. The van der Waals surface area contributed by atoms with E-state index in [0.29, 0.717) is 30.5 Å². The molecule has 1 fully saturated rings. The predicted molar refractivity (Wildman–Crippen MR) is 77.1 cm³/mol. The number of nitrogens with one attached hydrogen (secondary N) is 2. The molecule has 2 amide bonds. The first-order valence-corrected chi connectivity index (χ1v) is 6.87. The molecule has 0 aromatic heterocycles. The number of nitriles is 1. The molecular weight excluding hydrogens is 294 g/mol. The summed E-state index contributed by atoms with van der Waals surface area (Å²) in [5, 5.41) is 23.3. The van der Waals surface area contributed by atoms with E-state index in [2.05, 4.69) is 10.6 Å². The van der Waals surface area contributed by atoms with E-state index in [0.717, 1.165) is 0 Å². The Labute approximate surface area is 126 Å². The lowest BCUT2D eigenvalue weighted by Gasteiger charge is -2.13. The van der Waals surface area contributed by atoms with Gasteiger partial charge in [-0.3, -0.25) is 4.79 Å². The van der Waals surface area contributed by atoms with E-state index in [4.69, 9.17) is 22.0 Å². The van der Waals surface area contributed by atoms with E-state index in [1.807, 2.05) is 6.07 Å². The van der Waals surface area contributed by atoms with Crippen LogP contribution in [0.25, 0.3) is 0 Å². The Morgan fingerprint density at radius 2 is 2.14 bits per heavy atom. The van der Waals surface area contributed by atoms with E-state index >= 15 is 0 Å². The number of carbonyl (C=O) groups is 2. The summed E-state index contributed by atoms with van der Waals surface area (Å²) in [5.74, 6) is -1.21. The Morgan fingerprint density at radius 3 is 2.71 bits per heavy atom. The molecule has 3 N–H and O–H groups in total. The SMILES string of the molecule is N#Cc1ccc(NC(=O)NC2CCC(C(=O)O)C2)cc1Cl. The molecule has 110 valence electrons. The van der Waals surface area contributed by atoms with Crippen molar-refractivity contribution in [3.05, 3.63) is 28.8 Å². The molecule has 6 nitrogen and oxygen atoms in total. The number of halogens is 1. The summed E-state index contributed by atoms with van der Waals surface area (Å²) < 4.78 is 0. The van der Waals surface area contributed by atoms with Gasteiger partial charge in [0.05, 0.1) is 16.5 Å². The van der Waals surface area contributed by atoms with Crippen LogP contribution in [0.15, 0.2) is 18.2 Å². The molecule has 1 saturated carbocycles. The number of carbonyl (C=O) groups excluding carboxylic acids is 1. The fraction of sp³-hybridized carbons (Fsp3) is 0.357. The van der Waals surface area contributed by atoms with Crippen molar-refractivity contribution in [3.63, 3.8) is 0 Å². The highest BCUT2D eigenvalue weighted by Gasteiger charge is 2.30. The zero-order valence-electron chi connectivity index (χ0n) is 11.1. The summed E-state index contributed by atoms with van der Waals surface area (Å²) in [6.45, 7) is 0. The Bertz CT molecular complexity index is 612. The topological polar surface area (TPSA) is 102 Å². The summed E-state index contributed by atoms with van der Waals surface area (Å²) in [7, 11) is 0. The lowest BCUT2D eigenvalue weighted by molar-refractivity contribution is -0.141. The van der Waals surface area contributed by atoms with Crippen LogP contribution < -0.4 is 10.6 Å². The van der Waals surface area contributed by atoms with Gasteiger partial charge in [0, 0.05) is 11.7 Å². The van der Waals surface area contributed by atoms with E-state index in [9.17, 15) is 9.59 Å². The highest BCUT2D eigenvalue weighted by molar-refractivity contribution is 6.32. The number of aliphatic carboxylic acids is 1. The Kier molecular flexibility index (Phi) is 4.66. The summed E-state index contributed by atoms with van der Waals surface area (Å²) >= 11 is 5.88. The van der Waals surface area contributed by atoms with Gasteiger partial charge in [-0.2, -0.15) is 5.26 Å². The molecule has 1 aliphatic rings. The van der Waals surface area contributed by atoms with Crippen LogP contribution in [0.3, 0.4) is 0 Å².